The van der Waals surface area contributed by atoms with E-state index < -0.39 is 0 Å². The van der Waals surface area contributed by atoms with Crippen LogP contribution in [0.25, 0.3) is 11.0 Å². The Bertz CT molecular complexity index is 607. The summed E-state index contributed by atoms with van der Waals surface area (Å²) in [7, 11) is 2.09. The van der Waals surface area contributed by atoms with Gasteiger partial charge >= 0.3 is 0 Å². The van der Waals surface area contributed by atoms with Crippen LogP contribution >= 0.6 is 0 Å². The van der Waals surface area contributed by atoms with E-state index in [0.717, 1.165) is 37.8 Å². The first-order valence-electron chi connectivity index (χ1n) is 7.66. The molecule has 3 rings (SSSR count). The Balaban J connectivity index is 1.89. The number of aryl methyl sites for hydroxylation is 1. The molecule has 1 aliphatic heterocycles. The van der Waals surface area contributed by atoms with Gasteiger partial charge in [0.05, 0.1) is 30.3 Å². The number of nitrogens with one attached hydrogen (secondary N) is 1. The minimum Gasteiger partial charge on any atom is -0.377 e. The normalized spacial score (nSPS) is 19.6. The lowest BCUT2D eigenvalue weighted by Crippen LogP contribution is -2.52. The van der Waals surface area contributed by atoms with E-state index in [9.17, 15) is 0 Å². The van der Waals surface area contributed by atoms with Crippen molar-refractivity contribution < 1.29 is 4.74 Å². The number of hydrogen-bond donors (Lipinski definition) is 1. The van der Waals surface area contributed by atoms with Crippen LogP contribution in [0.2, 0.25) is 0 Å². The van der Waals surface area contributed by atoms with Crippen LogP contribution in [0.3, 0.4) is 0 Å². The molecular weight excluding hydrogens is 264 g/mol. The number of benzene rings is 1. The van der Waals surface area contributed by atoms with Gasteiger partial charge in [0.25, 0.3) is 0 Å². The van der Waals surface area contributed by atoms with Gasteiger partial charge in [0.1, 0.15) is 0 Å². The third-order valence-corrected chi connectivity index (χ3v) is 4.01. The van der Waals surface area contributed by atoms with Crippen LogP contribution < -0.4 is 10.2 Å². The van der Waals surface area contributed by atoms with Crippen LogP contribution in [0.15, 0.2) is 24.3 Å². The summed E-state index contributed by atoms with van der Waals surface area (Å²) in [5.41, 5.74) is 2.23. The summed E-state index contributed by atoms with van der Waals surface area (Å²) in [6.07, 6.45) is 0. The van der Waals surface area contributed by atoms with Crippen molar-refractivity contribution in [3.8, 4) is 0 Å². The van der Waals surface area contributed by atoms with Crippen molar-refractivity contribution in [2.45, 2.75) is 25.9 Å². The molecular formula is C16H24N4O. The Morgan fingerprint density at radius 2 is 2.19 bits per heavy atom. The van der Waals surface area contributed by atoms with E-state index >= 15 is 0 Å². The number of imidazole rings is 1. The SMILES string of the molecule is CC(C)NCC1COCCN1c1nc2ccccc2n1C. The molecule has 5 nitrogen and oxygen atoms in total. The van der Waals surface area contributed by atoms with Crippen molar-refractivity contribution in [1.82, 2.24) is 14.9 Å². The van der Waals surface area contributed by atoms with E-state index in [1.54, 1.807) is 0 Å². The van der Waals surface area contributed by atoms with Gasteiger partial charge in [-0.05, 0) is 12.1 Å². The zero-order valence-corrected chi connectivity index (χ0v) is 13.0. The van der Waals surface area contributed by atoms with Gasteiger partial charge in [-0.1, -0.05) is 26.0 Å². The van der Waals surface area contributed by atoms with Crippen molar-refractivity contribution in [2.75, 3.05) is 31.2 Å². The van der Waals surface area contributed by atoms with Crippen molar-refractivity contribution in [3.05, 3.63) is 24.3 Å². The maximum Gasteiger partial charge on any atom is 0.206 e. The predicted molar refractivity (Wildman–Crippen MR) is 85.8 cm³/mol. The maximum atomic E-state index is 5.66. The van der Waals surface area contributed by atoms with Crippen LogP contribution in [0.5, 0.6) is 0 Å². The minimum atomic E-state index is 0.330. The Morgan fingerprint density at radius 1 is 1.38 bits per heavy atom. The lowest BCUT2D eigenvalue weighted by atomic mass is 10.2. The van der Waals surface area contributed by atoms with Gasteiger partial charge in [-0.2, -0.15) is 0 Å². The van der Waals surface area contributed by atoms with Crippen LogP contribution in [0, 0.1) is 0 Å². The molecule has 0 bridgehead atoms. The fourth-order valence-electron chi connectivity index (χ4n) is 2.85. The molecule has 21 heavy (non-hydrogen) atoms. The zero-order chi connectivity index (χ0) is 14.8. The highest BCUT2D eigenvalue weighted by Crippen LogP contribution is 2.23. The van der Waals surface area contributed by atoms with E-state index in [1.165, 1.54) is 5.52 Å². The molecule has 1 atom stereocenters. The second-order valence-electron chi connectivity index (χ2n) is 5.94. The van der Waals surface area contributed by atoms with E-state index in [1.807, 2.05) is 6.07 Å². The molecule has 2 aromatic rings. The molecule has 1 aliphatic rings. The summed E-state index contributed by atoms with van der Waals surface area (Å²) < 4.78 is 7.84. The monoisotopic (exact) mass is 288 g/mol. The number of anilines is 1. The van der Waals surface area contributed by atoms with Gasteiger partial charge in [-0.25, -0.2) is 4.98 Å². The smallest absolute Gasteiger partial charge is 0.206 e. The molecule has 1 saturated heterocycles. The third kappa shape index (κ3) is 2.89. The molecule has 1 N–H and O–H groups in total. The second kappa shape index (κ2) is 6.03. The van der Waals surface area contributed by atoms with Crippen molar-refractivity contribution >= 4 is 17.0 Å². The standard InChI is InChI=1S/C16H24N4O/c1-12(2)17-10-13-11-21-9-8-20(13)16-18-14-6-4-5-7-15(14)19(16)3/h4-7,12-13,17H,8-11H2,1-3H3. The highest BCUT2D eigenvalue weighted by Gasteiger charge is 2.26. The van der Waals surface area contributed by atoms with Gasteiger partial charge < -0.3 is 19.5 Å². The summed E-state index contributed by atoms with van der Waals surface area (Å²) in [5.74, 6) is 1.04. The second-order valence-corrected chi connectivity index (χ2v) is 5.94. The van der Waals surface area contributed by atoms with Gasteiger partial charge in [0.2, 0.25) is 5.95 Å². The molecule has 114 valence electrons. The van der Waals surface area contributed by atoms with Crippen molar-refractivity contribution in [2.24, 2.45) is 7.05 Å². The van der Waals surface area contributed by atoms with E-state index in [4.69, 9.17) is 9.72 Å². The molecule has 1 fully saturated rings. The number of morpholine rings is 1. The Morgan fingerprint density at radius 3 is 2.95 bits per heavy atom. The summed E-state index contributed by atoms with van der Waals surface area (Å²) >= 11 is 0. The molecule has 1 aromatic heterocycles. The predicted octanol–water partition coefficient (Wildman–Crippen LogP) is 1.78. The number of para-hydroxylation sites is 2. The summed E-state index contributed by atoms with van der Waals surface area (Å²) in [6.45, 7) is 7.67. The average molecular weight is 288 g/mol. The molecule has 1 aromatic carbocycles. The number of fused-ring (bicyclic) bond motifs is 1. The number of ether oxygens (including phenoxy) is 1. The zero-order valence-electron chi connectivity index (χ0n) is 13.0. The molecule has 2 heterocycles. The minimum absolute atomic E-state index is 0.330. The lowest BCUT2D eigenvalue weighted by Gasteiger charge is -2.36. The topological polar surface area (TPSA) is 42.3 Å². The van der Waals surface area contributed by atoms with Crippen LogP contribution in [0.1, 0.15) is 13.8 Å². The lowest BCUT2D eigenvalue weighted by molar-refractivity contribution is 0.0921. The first-order valence-corrected chi connectivity index (χ1v) is 7.66. The Labute approximate surface area is 125 Å². The van der Waals surface area contributed by atoms with Crippen LogP contribution in [-0.2, 0) is 11.8 Å². The molecule has 0 spiro atoms. The molecule has 1 unspecified atom stereocenters. The Kier molecular flexibility index (Phi) is 4.12. The van der Waals surface area contributed by atoms with Crippen LogP contribution in [0.4, 0.5) is 5.95 Å². The van der Waals surface area contributed by atoms with Crippen molar-refractivity contribution in [1.29, 1.82) is 0 Å². The van der Waals surface area contributed by atoms with Gasteiger partial charge in [-0.15, -0.1) is 0 Å². The number of aromatic nitrogens is 2. The highest BCUT2D eigenvalue weighted by molar-refractivity contribution is 5.78. The number of rotatable bonds is 4. The molecule has 5 heteroatoms. The summed E-state index contributed by atoms with van der Waals surface area (Å²) in [4.78, 5) is 7.19. The van der Waals surface area contributed by atoms with E-state index in [0.29, 0.717) is 12.1 Å². The first-order chi connectivity index (χ1) is 10.2. The molecule has 0 aliphatic carbocycles. The molecule has 0 radical (unpaired) electrons. The fraction of sp³-hybridized carbons (Fsp3) is 0.562. The maximum absolute atomic E-state index is 5.66. The number of nitrogens with zero attached hydrogens (tertiary/aromatic N) is 3. The van der Waals surface area contributed by atoms with Gasteiger partial charge in [0.15, 0.2) is 0 Å². The Hall–Kier alpha value is -1.59. The van der Waals surface area contributed by atoms with E-state index in [2.05, 4.69) is 53.9 Å². The van der Waals surface area contributed by atoms with Crippen LogP contribution in [-0.4, -0.2) is 47.9 Å². The summed E-state index contributed by atoms with van der Waals surface area (Å²) in [6, 6.07) is 9.10. The van der Waals surface area contributed by atoms with Gasteiger partial charge in [-0.3, -0.25) is 0 Å². The average Bonchev–Trinajstić information content (AvgIpc) is 2.83. The number of hydrogen-bond acceptors (Lipinski definition) is 4. The highest BCUT2D eigenvalue weighted by atomic mass is 16.5. The fourth-order valence-corrected chi connectivity index (χ4v) is 2.85. The molecule has 0 amide bonds. The van der Waals surface area contributed by atoms with E-state index in [-0.39, 0.29) is 0 Å². The quantitative estimate of drug-likeness (QED) is 0.931. The molecule has 0 saturated carbocycles. The first kappa shape index (κ1) is 14.4. The largest absolute Gasteiger partial charge is 0.377 e. The summed E-state index contributed by atoms with van der Waals surface area (Å²) in [5, 5.41) is 3.51. The van der Waals surface area contributed by atoms with Crippen molar-refractivity contribution in [3.63, 3.8) is 0 Å². The van der Waals surface area contributed by atoms with Gasteiger partial charge in [0, 0.05) is 26.2 Å². The third-order valence-electron chi connectivity index (χ3n) is 4.01.